The van der Waals surface area contributed by atoms with Crippen molar-refractivity contribution < 1.29 is 4.79 Å². The summed E-state index contributed by atoms with van der Waals surface area (Å²) in [5, 5.41) is 7.29. The van der Waals surface area contributed by atoms with Crippen LogP contribution in [0.1, 0.15) is 11.1 Å². The van der Waals surface area contributed by atoms with Crippen molar-refractivity contribution in [2.75, 3.05) is 16.0 Å². The van der Waals surface area contributed by atoms with Crippen molar-refractivity contribution in [1.82, 2.24) is 24.6 Å². The fourth-order valence-electron chi connectivity index (χ4n) is 3.71. The Morgan fingerprint density at radius 2 is 1.94 bits per heavy atom. The van der Waals surface area contributed by atoms with Gasteiger partial charge in [0, 0.05) is 37.2 Å². The quantitative estimate of drug-likeness (QED) is 0.470. The Kier molecular flexibility index (Phi) is 4.91. The lowest BCUT2D eigenvalue weighted by atomic mass is 10.1. The number of nitrogens with one attached hydrogen (secondary N) is 1. The summed E-state index contributed by atoms with van der Waals surface area (Å²) in [4.78, 5) is 26.1. The third-order valence-corrected chi connectivity index (χ3v) is 5.18. The lowest BCUT2D eigenvalue weighted by molar-refractivity contribution is 0.198. The van der Waals surface area contributed by atoms with Gasteiger partial charge in [-0.05, 0) is 23.8 Å². The maximum atomic E-state index is 13.6. The van der Waals surface area contributed by atoms with Crippen LogP contribution in [0.15, 0.2) is 73.2 Å². The number of carbonyl (C=O) groups excluding carboxylic acids is 1. The second-order valence-corrected chi connectivity index (χ2v) is 7.62. The van der Waals surface area contributed by atoms with Gasteiger partial charge in [-0.15, -0.1) is 0 Å². The number of hydrogen-bond donors (Lipinski definition) is 2. The highest BCUT2D eigenvalue weighted by molar-refractivity contribution is 6.01. The number of nitrogens with zero attached hydrogens (tertiary/aromatic N) is 6. The standard InChI is InChI=1S/C23H22N8O/c1-29-15-19(12-26-29)27-22-25-11-17-14-30(13-16-6-3-2-4-7-16)23(32)31(21(17)28-22)20-9-5-8-18(24)10-20/h2-12,15H,13-14,24H2,1H3,(H,25,27,28). The average molecular weight is 426 g/mol. The number of aromatic nitrogens is 4. The van der Waals surface area contributed by atoms with Crippen LogP contribution in [0.4, 0.5) is 33.6 Å². The van der Waals surface area contributed by atoms with Gasteiger partial charge >= 0.3 is 6.03 Å². The zero-order valence-corrected chi connectivity index (χ0v) is 17.5. The summed E-state index contributed by atoms with van der Waals surface area (Å²) in [7, 11) is 1.83. The number of rotatable bonds is 5. The van der Waals surface area contributed by atoms with E-state index < -0.39 is 0 Å². The van der Waals surface area contributed by atoms with Crippen LogP contribution in [0.25, 0.3) is 0 Å². The van der Waals surface area contributed by atoms with Crippen molar-refractivity contribution in [3.63, 3.8) is 0 Å². The number of anilines is 5. The van der Waals surface area contributed by atoms with Crippen LogP contribution >= 0.6 is 0 Å². The minimum Gasteiger partial charge on any atom is -0.399 e. The summed E-state index contributed by atoms with van der Waals surface area (Å²) in [6.07, 6.45) is 5.27. The van der Waals surface area contributed by atoms with Gasteiger partial charge in [0.25, 0.3) is 0 Å². The number of nitrogens with two attached hydrogens (primary N) is 1. The molecule has 0 radical (unpaired) electrons. The fraction of sp³-hybridized carbons (Fsp3) is 0.130. The molecule has 4 aromatic rings. The molecular formula is C23H22N8O. The van der Waals surface area contributed by atoms with E-state index in [-0.39, 0.29) is 6.03 Å². The molecule has 0 unspecified atom stereocenters. The molecule has 5 rings (SSSR count). The van der Waals surface area contributed by atoms with E-state index in [2.05, 4.69) is 20.4 Å². The molecule has 0 bridgehead atoms. The fourth-order valence-corrected chi connectivity index (χ4v) is 3.71. The molecule has 0 saturated heterocycles. The van der Waals surface area contributed by atoms with Gasteiger partial charge < -0.3 is 16.0 Å². The first-order valence-electron chi connectivity index (χ1n) is 10.2. The van der Waals surface area contributed by atoms with Crippen LogP contribution in [-0.2, 0) is 20.1 Å². The summed E-state index contributed by atoms with van der Waals surface area (Å²) in [5.74, 6) is 0.918. The second kappa shape index (κ2) is 8.03. The molecule has 32 heavy (non-hydrogen) atoms. The highest BCUT2D eigenvalue weighted by Gasteiger charge is 2.33. The van der Waals surface area contributed by atoms with Gasteiger partial charge in [-0.3, -0.25) is 4.68 Å². The van der Waals surface area contributed by atoms with E-state index in [4.69, 9.17) is 5.73 Å². The van der Waals surface area contributed by atoms with Crippen molar-refractivity contribution in [3.8, 4) is 0 Å². The maximum Gasteiger partial charge on any atom is 0.330 e. The molecule has 3 heterocycles. The Labute approximate surface area is 185 Å². The molecule has 1 aliphatic rings. The van der Waals surface area contributed by atoms with Crippen molar-refractivity contribution in [2.24, 2.45) is 7.05 Å². The third kappa shape index (κ3) is 3.83. The zero-order chi connectivity index (χ0) is 22.1. The minimum atomic E-state index is -0.169. The molecule has 3 N–H and O–H groups in total. The highest BCUT2D eigenvalue weighted by atomic mass is 16.2. The molecule has 0 aliphatic carbocycles. The monoisotopic (exact) mass is 426 g/mol. The van der Waals surface area contributed by atoms with Gasteiger partial charge in [0.1, 0.15) is 0 Å². The molecule has 0 spiro atoms. The Hall–Kier alpha value is -4.40. The smallest absolute Gasteiger partial charge is 0.330 e. The van der Waals surface area contributed by atoms with Crippen LogP contribution < -0.4 is 16.0 Å². The molecule has 0 saturated carbocycles. The van der Waals surface area contributed by atoms with Crippen LogP contribution in [0.3, 0.4) is 0 Å². The molecule has 9 heteroatoms. The van der Waals surface area contributed by atoms with E-state index in [9.17, 15) is 4.79 Å². The number of carbonyl (C=O) groups is 1. The van der Waals surface area contributed by atoms with E-state index >= 15 is 0 Å². The largest absolute Gasteiger partial charge is 0.399 e. The minimum absolute atomic E-state index is 0.169. The van der Waals surface area contributed by atoms with Gasteiger partial charge in [-0.2, -0.15) is 10.1 Å². The Morgan fingerprint density at radius 1 is 1.09 bits per heavy atom. The predicted octanol–water partition coefficient (Wildman–Crippen LogP) is 3.81. The molecule has 2 amide bonds. The van der Waals surface area contributed by atoms with Crippen molar-refractivity contribution in [3.05, 3.63) is 84.3 Å². The first-order chi connectivity index (χ1) is 15.6. The number of amides is 2. The number of fused-ring (bicyclic) bond motifs is 1. The topological polar surface area (TPSA) is 105 Å². The van der Waals surface area contributed by atoms with Gasteiger partial charge in [-0.25, -0.2) is 14.7 Å². The molecule has 0 atom stereocenters. The second-order valence-electron chi connectivity index (χ2n) is 7.62. The lowest BCUT2D eigenvalue weighted by Gasteiger charge is -2.36. The zero-order valence-electron chi connectivity index (χ0n) is 17.5. The molecule has 2 aromatic carbocycles. The van der Waals surface area contributed by atoms with E-state index in [1.165, 1.54) is 0 Å². The average Bonchev–Trinajstić information content (AvgIpc) is 3.20. The first-order valence-corrected chi connectivity index (χ1v) is 10.2. The normalized spacial score (nSPS) is 13.2. The molecule has 0 fully saturated rings. The Morgan fingerprint density at radius 3 is 2.69 bits per heavy atom. The number of nitrogen functional groups attached to an aromatic ring is 1. The molecule has 9 nitrogen and oxygen atoms in total. The summed E-state index contributed by atoms with van der Waals surface area (Å²) in [6, 6.07) is 17.0. The lowest BCUT2D eigenvalue weighted by Crippen LogP contribution is -2.45. The van der Waals surface area contributed by atoms with E-state index in [0.717, 1.165) is 16.8 Å². The number of aryl methyl sites for hydroxylation is 1. The van der Waals surface area contributed by atoms with Crippen molar-refractivity contribution >= 4 is 34.9 Å². The van der Waals surface area contributed by atoms with Crippen LogP contribution in [0.5, 0.6) is 0 Å². The van der Waals surface area contributed by atoms with E-state index in [1.807, 2.05) is 55.7 Å². The van der Waals surface area contributed by atoms with Crippen molar-refractivity contribution in [2.45, 2.75) is 13.1 Å². The number of hydrogen-bond acceptors (Lipinski definition) is 6. The van der Waals surface area contributed by atoms with Crippen LogP contribution in [0.2, 0.25) is 0 Å². The predicted molar refractivity (Wildman–Crippen MR) is 123 cm³/mol. The molecule has 1 aliphatic heterocycles. The Balaban J connectivity index is 1.54. The van der Waals surface area contributed by atoms with Gasteiger partial charge in [0.2, 0.25) is 5.95 Å². The van der Waals surface area contributed by atoms with E-state index in [0.29, 0.717) is 36.2 Å². The summed E-state index contributed by atoms with van der Waals surface area (Å²) in [6.45, 7) is 0.892. The summed E-state index contributed by atoms with van der Waals surface area (Å²) >= 11 is 0. The SMILES string of the molecule is Cn1cc(Nc2ncc3c(n2)N(c2cccc(N)c2)C(=O)N(Cc2ccccc2)C3)cn1. The number of urea groups is 1. The number of benzene rings is 2. The van der Waals surface area contributed by atoms with Crippen molar-refractivity contribution in [1.29, 1.82) is 0 Å². The van der Waals surface area contributed by atoms with E-state index in [1.54, 1.807) is 39.0 Å². The summed E-state index contributed by atoms with van der Waals surface area (Å²) in [5.41, 5.74) is 9.90. The maximum absolute atomic E-state index is 13.6. The third-order valence-electron chi connectivity index (χ3n) is 5.18. The molecule has 2 aromatic heterocycles. The van der Waals surface area contributed by atoms with Gasteiger partial charge in [0.05, 0.1) is 24.1 Å². The summed E-state index contributed by atoms with van der Waals surface area (Å²) < 4.78 is 1.69. The first kappa shape index (κ1) is 19.6. The Bertz CT molecular complexity index is 1270. The van der Waals surface area contributed by atoms with Gasteiger partial charge in [-0.1, -0.05) is 36.4 Å². The van der Waals surface area contributed by atoms with Crippen LogP contribution in [-0.4, -0.2) is 30.7 Å². The van der Waals surface area contributed by atoms with Crippen LogP contribution in [0, 0.1) is 0 Å². The molecule has 160 valence electrons. The van der Waals surface area contributed by atoms with Gasteiger partial charge in [0.15, 0.2) is 5.82 Å². The molecular weight excluding hydrogens is 404 g/mol. The highest BCUT2D eigenvalue weighted by Crippen LogP contribution is 2.35.